The fraction of sp³-hybridized carbons (Fsp3) is 0.250. The molecule has 0 amide bonds. The maximum absolute atomic E-state index is 11.6. The molecule has 0 radical (unpaired) electrons. The number of ether oxygens (including phenoxy) is 1. The van der Waals surface area contributed by atoms with Crippen LogP contribution in [0.1, 0.15) is 24.3 Å². The molecule has 0 saturated carbocycles. The smallest absolute Gasteiger partial charge is 0.355 e. The van der Waals surface area contributed by atoms with E-state index < -0.39 is 0 Å². The van der Waals surface area contributed by atoms with Crippen LogP contribution in [-0.2, 0) is 4.74 Å². The van der Waals surface area contributed by atoms with E-state index in [9.17, 15) is 4.79 Å². The van der Waals surface area contributed by atoms with Gasteiger partial charge in [0.2, 0.25) is 0 Å². The summed E-state index contributed by atoms with van der Waals surface area (Å²) in [7, 11) is 0. The number of rotatable bonds is 2. The summed E-state index contributed by atoms with van der Waals surface area (Å²) >= 11 is 0. The summed E-state index contributed by atoms with van der Waals surface area (Å²) in [5, 5.41) is 0.913. The molecule has 1 aromatic carbocycles. The number of hydrogen-bond donors (Lipinski definition) is 2. The van der Waals surface area contributed by atoms with Crippen molar-refractivity contribution in [1.82, 2.24) is 4.98 Å². The number of aromatic nitrogens is 1. The van der Waals surface area contributed by atoms with Crippen molar-refractivity contribution in [2.24, 2.45) is 0 Å². The maximum atomic E-state index is 11.6. The van der Waals surface area contributed by atoms with E-state index in [2.05, 4.69) is 4.98 Å². The number of hydrogen-bond acceptors (Lipinski definition) is 3. The molecule has 0 fully saturated rings. The topological polar surface area (TPSA) is 68.1 Å². The van der Waals surface area contributed by atoms with E-state index in [1.807, 2.05) is 26.0 Å². The first kappa shape index (κ1) is 10.5. The molecule has 4 nitrogen and oxygen atoms in total. The van der Waals surface area contributed by atoms with E-state index in [1.165, 1.54) is 0 Å². The third-order valence-electron chi connectivity index (χ3n) is 2.21. The Hall–Kier alpha value is -1.97. The summed E-state index contributed by atoms with van der Waals surface area (Å²) < 4.78 is 5.09. The normalized spacial score (nSPS) is 10.9. The van der Waals surface area contributed by atoms with Crippen LogP contribution >= 0.6 is 0 Å². The van der Waals surface area contributed by atoms with Crippen molar-refractivity contribution in [3.05, 3.63) is 30.0 Å². The summed E-state index contributed by atoms with van der Waals surface area (Å²) in [6.07, 6.45) is -0.121. The number of esters is 1. The molecule has 2 aromatic rings. The van der Waals surface area contributed by atoms with Gasteiger partial charge in [0.1, 0.15) is 5.69 Å². The Kier molecular flexibility index (Phi) is 2.56. The molecule has 0 bridgehead atoms. The second-order valence-corrected chi connectivity index (χ2v) is 3.98. The van der Waals surface area contributed by atoms with Gasteiger partial charge in [0.05, 0.1) is 6.10 Å². The molecule has 0 aliphatic heterocycles. The minimum absolute atomic E-state index is 0.121. The summed E-state index contributed by atoms with van der Waals surface area (Å²) in [5.74, 6) is -0.343. The molecule has 16 heavy (non-hydrogen) atoms. The third kappa shape index (κ3) is 2.00. The molecule has 0 atom stereocenters. The minimum Gasteiger partial charge on any atom is -0.458 e. The number of nitrogen functional groups attached to an aromatic ring is 1. The molecule has 0 unspecified atom stereocenters. The van der Waals surface area contributed by atoms with Gasteiger partial charge in [-0.15, -0.1) is 0 Å². The number of fused-ring (bicyclic) bond motifs is 1. The predicted molar refractivity (Wildman–Crippen MR) is 63.3 cm³/mol. The lowest BCUT2D eigenvalue weighted by Crippen LogP contribution is -2.11. The first-order chi connectivity index (χ1) is 7.56. The van der Waals surface area contributed by atoms with Gasteiger partial charge in [-0.05, 0) is 38.1 Å². The molecule has 3 N–H and O–H groups in total. The van der Waals surface area contributed by atoms with E-state index in [0.29, 0.717) is 11.4 Å². The van der Waals surface area contributed by atoms with Crippen LogP contribution in [0.15, 0.2) is 24.3 Å². The van der Waals surface area contributed by atoms with E-state index >= 15 is 0 Å². The van der Waals surface area contributed by atoms with Gasteiger partial charge in [0, 0.05) is 16.6 Å². The highest BCUT2D eigenvalue weighted by molar-refractivity contribution is 5.95. The van der Waals surface area contributed by atoms with Gasteiger partial charge in [-0.2, -0.15) is 0 Å². The SMILES string of the molecule is CC(C)OC(=O)c1cc2cc(N)ccc2[nH]1. The van der Waals surface area contributed by atoms with Crippen molar-refractivity contribution in [1.29, 1.82) is 0 Å². The van der Waals surface area contributed by atoms with Gasteiger partial charge in [0.25, 0.3) is 0 Å². The molecule has 1 heterocycles. The van der Waals surface area contributed by atoms with Crippen LogP contribution in [0.4, 0.5) is 5.69 Å². The Morgan fingerprint density at radius 2 is 2.12 bits per heavy atom. The van der Waals surface area contributed by atoms with Crippen LogP contribution in [0.2, 0.25) is 0 Å². The highest BCUT2D eigenvalue weighted by Crippen LogP contribution is 2.19. The fourth-order valence-corrected chi connectivity index (χ4v) is 1.54. The monoisotopic (exact) mass is 218 g/mol. The van der Waals surface area contributed by atoms with Gasteiger partial charge in [-0.3, -0.25) is 0 Å². The molecular formula is C12H14N2O2. The molecule has 1 aromatic heterocycles. The molecular weight excluding hydrogens is 204 g/mol. The van der Waals surface area contributed by atoms with Crippen LogP contribution in [0, 0.1) is 0 Å². The first-order valence-electron chi connectivity index (χ1n) is 5.15. The highest BCUT2D eigenvalue weighted by Gasteiger charge is 2.12. The Bertz CT molecular complexity index is 529. The molecule has 0 aliphatic rings. The first-order valence-corrected chi connectivity index (χ1v) is 5.15. The van der Waals surface area contributed by atoms with Crippen LogP contribution in [0.5, 0.6) is 0 Å². The summed E-state index contributed by atoms with van der Waals surface area (Å²) in [4.78, 5) is 14.6. The number of carbonyl (C=O) groups excluding carboxylic acids is 1. The van der Waals surface area contributed by atoms with Crippen molar-refractivity contribution < 1.29 is 9.53 Å². The number of nitrogens with two attached hydrogens (primary N) is 1. The number of benzene rings is 1. The van der Waals surface area contributed by atoms with Gasteiger partial charge < -0.3 is 15.5 Å². The molecule has 84 valence electrons. The number of nitrogens with one attached hydrogen (secondary N) is 1. The van der Waals surface area contributed by atoms with Crippen LogP contribution in [0.25, 0.3) is 10.9 Å². The number of H-pyrrole nitrogens is 1. The average molecular weight is 218 g/mol. The summed E-state index contributed by atoms with van der Waals surface area (Å²) in [5.41, 5.74) is 7.67. The standard InChI is InChI=1S/C12H14N2O2/c1-7(2)16-12(15)11-6-8-5-9(13)3-4-10(8)14-11/h3-7,14H,13H2,1-2H3. The van der Waals surface area contributed by atoms with E-state index in [1.54, 1.807) is 12.1 Å². The molecule has 0 saturated heterocycles. The number of aromatic amines is 1. The third-order valence-corrected chi connectivity index (χ3v) is 2.21. The molecule has 2 rings (SSSR count). The lowest BCUT2D eigenvalue weighted by atomic mass is 10.2. The second-order valence-electron chi connectivity index (χ2n) is 3.98. The minimum atomic E-state index is -0.343. The number of carbonyl (C=O) groups is 1. The van der Waals surface area contributed by atoms with Crippen molar-refractivity contribution in [3.8, 4) is 0 Å². The van der Waals surface area contributed by atoms with Crippen LogP contribution < -0.4 is 5.73 Å². The lowest BCUT2D eigenvalue weighted by Gasteiger charge is -2.05. The number of anilines is 1. The van der Waals surface area contributed by atoms with Gasteiger partial charge in [0.15, 0.2) is 0 Å². The lowest BCUT2D eigenvalue weighted by molar-refractivity contribution is 0.0372. The molecule has 0 aliphatic carbocycles. The quantitative estimate of drug-likeness (QED) is 0.600. The van der Waals surface area contributed by atoms with Gasteiger partial charge in [-0.1, -0.05) is 0 Å². The van der Waals surface area contributed by atoms with Crippen molar-refractivity contribution in [2.75, 3.05) is 5.73 Å². The predicted octanol–water partition coefficient (Wildman–Crippen LogP) is 2.32. The van der Waals surface area contributed by atoms with Crippen molar-refractivity contribution in [3.63, 3.8) is 0 Å². The fourth-order valence-electron chi connectivity index (χ4n) is 1.54. The second kappa shape index (κ2) is 3.89. The maximum Gasteiger partial charge on any atom is 0.355 e. The van der Waals surface area contributed by atoms with E-state index in [-0.39, 0.29) is 12.1 Å². The van der Waals surface area contributed by atoms with E-state index in [4.69, 9.17) is 10.5 Å². The summed E-state index contributed by atoms with van der Waals surface area (Å²) in [6.45, 7) is 3.64. The average Bonchev–Trinajstić information content (AvgIpc) is 2.59. The zero-order valence-electron chi connectivity index (χ0n) is 9.28. The van der Waals surface area contributed by atoms with Crippen LogP contribution in [0.3, 0.4) is 0 Å². The van der Waals surface area contributed by atoms with Gasteiger partial charge in [-0.25, -0.2) is 4.79 Å². The zero-order chi connectivity index (χ0) is 11.7. The van der Waals surface area contributed by atoms with Gasteiger partial charge >= 0.3 is 5.97 Å². The Morgan fingerprint density at radius 3 is 2.81 bits per heavy atom. The van der Waals surface area contributed by atoms with Crippen molar-refractivity contribution >= 4 is 22.6 Å². The Balaban J connectivity index is 2.36. The zero-order valence-corrected chi connectivity index (χ0v) is 9.28. The Morgan fingerprint density at radius 1 is 1.38 bits per heavy atom. The van der Waals surface area contributed by atoms with Crippen molar-refractivity contribution in [2.45, 2.75) is 20.0 Å². The largest absolute Gasteiger partial charge is 0.458 e. The molecule has 4 heteroatoms. The summed E-state index contributed by atoms with van der Waals surface area (Å²) in [6, 6.07) is 7.20. The Labute approximate surface area is 93.4 Å². The van der Waals surface area contributed by atoms with E-state index in [0.717, 1.165) is 10.9 Å². The highest BCUT2D eigenvalue weighted by atomic mass is 16.5. The van der Waals surface area contributed by atoms with Crippen LogP contribution in [-0.4, -0.2) is 17.1 Å². The molecule has 0 spiro atoms.